The summed E-state index contributed by atoms with van der Waals surface area (Å²) in [6.45, 7) is 0. The summed E-state index contributed by atoms with van der Waals surface area (Å²) in [6, 6.07) is 10.6. The van der Waals surface area contributed by atoms with Gasteiger partial charge in [-0.15, -0.1) is 5.10 Å². The molecule has 0 saturated heterocycles. The maximum atomic E-state index is 14.9. The number of imidazole rings is 1. The zero-order valence-corrected chi connectivity index (χ0v) is 20.1. The standard InChI is InChI=1S/C23H16ClF2N9O.2H2O/c24-12-1-4-16(34-10-28-32-33-34)15(9-12)11-7-13-2-5-17(35(13)19(36)8-11)20-22(26)31-23(30-20)14-3-6-18(27)29-21(14)25;;/h1,3-4,6-10,17H,2,5H2,(H2,27,29)(H,30,31);2*1H2/t17-;;/m0../s1. The molecule has 0 fully saturated rings. The van der Waals surface area contributed by atoms with Crippen molar-refractivity contribution in [3.63, 3.8) is 0 Å². The van der Waals surface area contributed by atoms with Crippen LogP contribution in [0.5, 0.6) is 0 Å². The van der Waals surface area contributed by atoms with Gasteiger partial charge < -0.3 is 26.2 Å². The first kappa shape index (κ1) is 26.5. The molecule has 12 nitrogen and oxygen atoms in total. The predicted octanol–water partition coefficient (Wildman–Crippen LogP) is 1.68. The highest BCUT2D eigenvalue weighted by molar-refractivity contribution is 6.31. The molecule has 1 aliphatic heterocycles. The van der Waals surface area contributed by atoms with E-state index in [0.717, 1.165) is 0 Å². The fourth-order valence-corrected chi connectivity index (χ4v) is 4.75. The van der Waals surface area contributed by atoms with Gasteiger partial charge in [0.1, 0.15) is 18.0 Å². The smallest absolute Gasteiger partial charge is 0.251 e. The number of aryl methyl sites for hydroxylation is 1. The Bertz CT molecular complexity index is 1690. The molecule has 38 heavy (non-hydrogen) atoms. The van der Waals surface area contributed by atoms with Gasteiger partial charge in [-0.2, -0.15) is 18.4 Å². The van der Waals surface area contributed by atoms with E-state index in [0.29, 0.717) is 40.4 Å². The minimum Gasteiger partial charge on any atom is -0.412 e. The summed E-state index contributed by atoms with van der Waals surface area (Å²) in [7, 11) is 0. The van der Waals surface area contributed by atoms with Gasteiger partial charge in [0.05, 0.1) is 23.0 Å². The molecule has 6 rings (SSSR count). The summed E-state index contributed by atoms with van der Waals surface area (Å²) in [5, 5.41) is 11.8. The molecule has 15 heteroatoms. The number of benzene rings is 1. The van der Waals surface area contributed by atoms with Crippen LogP contribution in [0, 0.1) is 11.9 Å². The molecule has 1 atom stereocenters. The monoisotopic (exact) mass is 543 g/mol. The van der Waals surface area contributed by atoms with Crippen LogP contribution in [0.4, 0.5) is 14.6 Å². The highest BCUT2D eigenvalue weighted by Crippen LogP contribution is 2.35. The van der Waals surface area contributed by atoms with Gasteiger partial charge in [0.25, 0.3) is 5.56 Å². The number of nitrogen functional groups attached to an aromatic ring is 1. The average Bonchev–Trinajstić information content (AvgIpc) is 3.59. The number of nitrogens with zero attached hydrogens (tertiary/aromatic N) is 7. The number of tetrazole rings is 1. The van der Waals surface area contributed by atoms with E-state index >= 15 is 0 Å². The van der Waals surface area contributed by atoms with E-state index in [2.05, 4.69) is 30.5 Å². The Morgan fingerprint density at radius 2 is 1.84 bits per heavy atom. The molecule has 0 radical (unpaired) electrons. The summed E-state index contributed by atoms with van der Waals surface area (Å²) >= 11 is 6.24. The quantitative estimate of drug-likeness (QED) is 0.321. The maximum Gasteiger partial charge on any atom is 0.251 e. The topological polar surface area (TPSA) is 196 Å². The fraction of sp³-hybridized carbons (Fsp3) is 0.130. The number of pyridine rings is 2. The first-order valence-electron chi connectivity index (χ1n) is 10.9. The number of aromatic nitrogens is 8. The number of halogens is 3. The van der Waals surface area contributed by atoms with Gasteiger partial charge in [-0.05, 0) is 65.2 Å². The van der Waals surface area contributed by atoms with Crippen LogP contribution in [0.3, 0.4) is 0 Å². The number of anilines is 1. The normalized spacial score (nSPS) is 14.0. The molecular formula is C23H20ClF2N9O3. The van der Waals surface area contributed by atoms with Crippen molar-refractivity contribution in [2.45, 2.75) is 18.9 Å². The molecular weight excluding hydrogens is 524 g/mol. The second kappa shape index (κ2) is 10.1. The van der Waals surface area contributed by atoms with E-state index in [-0.39, 0.29) is 39.4 Å². The van der Waals surface area contributed by atoms with Crippen LogP contribution in [0.1, 0.15) is 23.9 Å². The third-order valence-corrected chi connectivity index (χ3v) is 6.38. The second-order valence-electron chi connectivity index (χ2n) is 8.28. The molecule has 5 aromatic rings. The Morgan fingerprint density at radius 3 is 2.58 bits per heavy atom. The van der Waals surface area contributed by atoms with Crippen LogP contribution >= 0.6 is 11.6 Å². The molecule has 0 saturated carbocycles. The van der Waals surface area contributed by atoms with E-state index in [4.69, 9.17) is 17.3 Å². The predicted molar refractivity (Wildman–Crippen MR) is 134 cm³/mol. The van der Waals surface area contributed by atoms with Crippen LogP contribution in [-0.4, -0.2) is 50.7 Å². The van der Waals surface area contributed by atoms with Crippen molar-refractivity contribution in [2.75, 3.05) is 5.73 Å². The fourth-order valence-electron chi connectivity index (χ4n) is 4.57. The summed E-state index contributed by atoms with van der Waals surface area (Å²) < 4.78 is 32.2. The molecule has 0 bridgehead atoms. The summed E-state index contributed by atoms with van der Waals surface area (Å²) in [4.78, 5) is 23.5. The van der Waals surface area contributed by atoms with Crippen molar-refractivity contribution < 1.29 is 19.7 Å². The van der Waals surface area contributed by atoms with Crippen molar-refractivity contribution in [1.29, 1.82) is 0 Å². The Morgan fingerprint density at radius 1 is 1.03 bits per heavy atom. The summed E-state index contributed by atoms with van der Waals surface area (Å²) in [5.41, 5.74) is 7.88. The van der Waals surface area contributed by atoms with Crippen molar-refractivity contribution in [2.24, 2.45) is 0 Å². The molecule has 5 heterocycles. The largest absolute Gasteiger partial charge is 0.412 e. The van der Waals surface area contributed by atoms with Crippen molar-refractivity contribution in [3.05, 3.63) is 87.5 Å². The number of nitrogens with two attached hydrogens (primary N) is 1. The molecule has 4 aromatic heterocycles. The molecule has 0 spiro atoms. The molecule has 1 aliphatic rings. The van der Waals surface area contributed by atoms with Crippen LogP contribution in [0.2, 0.25) is 5.02 Å². The van der Waals surface area contributed by atoms with Crippen LogP contribution in [-0.2, 0) is 6.42 Å². The number of nitrogens with one attached hydrogen (secondary N) is 1. The maximum absolute atomic E-state index is 14.9. The molecule has 0 unspecified atom stereocenters. The lowest BCUT2D eigenvalue weighted by Gasteiger charge is -2.15. The third kappa shape index (κ3) is 4.40. The molecule has 7 N–H and O–H groups in total. The van der Waals surface area contributed by atoms with Crippen LogP contribution < -0.4 is 11.3 Å². The zero-order chi connectivity index (χ0) is 25.0. The van der Waals surface area contributed by atoms with Crippen molar-refractivity contribution in [1.82, 2.24) is 39.7 Å². The number of rotatable bonds is 4. The zero-order valence-electron chi connectivity index (χ0n) is 19.4. The lowest BCUT2D eigenvalue weighted by atomic mass is 10.0. The summed E-state index contributed by atoms with van der Waals surface area (Å²) in [5.74, 6) is -1.72. The molecule has 0 aliphatic carbocycles. The van der Waals surface area contributed by atoms with E-state index in [1.165, 1.54) is 33.8 Å². The summed E-state index contributed by atoms with van der Waals surface area (Å²) in [6.07, 6.45) is 2.41. The van der Waals surface area contributed by atoms with Gasteiger partial charge in [-0.1, -0.05) is 11.6 Å². The Labute approximate surface area is 217 Å². The number of hydrogen-bond acceptors (Lipinski definition) is 7. The van der Waals surface area contributed by atoms with Gasteiger partial charge in [0, 0.05) is 22.3 Å². The molecule has 196 valence electrons. The van der Waals surface area contributed by atoms with E-state index in [1.54, 1.807) is 18.2 Å². The Balaban J connectivity index is 0.00000168. The van der Waals surface area contributed by atoms with Gasteiger partial charge >= 0.3 is 0 Å². The average molecular weight is 544 g/mol. The van der Waals surface area contributed by atoms with Crippen LogP contribution in [0.15, 0.2) is 53.6 Å². The lowest BCUT2D eigenvalue weighted by Crippen LogP contribution is -2.24. The van der Waals surface area contributed by atoms with Gasteiger partial charge in [-0.25, -0.2) is 4.98 Å². The van der Waals surface area contributed by atoms with Crippen molar-refractivity contribution in [3.8, 4) is 28.2 Å². The minimum absolute atomic E-state index is 0. The number of aromatic amines is 1. The van der Waals surface area contributed by atoms with Gasteiger partial charge in [-0.3, -0.25) is 4.79 Å². The number of hydrogen-bond donors (Lipinski definition) is 2. The molecule has 1 aromatic carbocycles. The third-order valence-electron chi connectivity index (χ3n) is 6.14. The van der Waals surface area contributed by atoms with E-state index in [9.17, 15) is 13.6 Å². The van der Waals surface area contributed by atoms with Crippen molar-refractivity contribution >= 4 is 17.4 Å². The minimum atomic E-state index is -0.871. The first-order valence-corrected chi connectivity index (χ1v) is 11.2. The first-order chi connectivity index (χ1) is 17.4. The van der Waals surface area contributed by atoms with Gasteiger partial charge in [0.15, 0.2) is 0 Å². The Hall–Kier alpha value is -4.53. The molecule has 0 amide bonds. The second-order valence-corrected chi connectivity index (χ2v) is 8.71. The Kier molecular flexibility index (Phi) is 7.04. The highest BCUT2D eigenvalue weighted by atomic mass is 35.5. The van der Waals surface area contributed by atoms with Crippen LogP contribution in [0.25, 0.3) is 28.2 Å². The number of H-pyrrole nitrogens is 1. The highest BCUT2D eigenvalue weighted by Gasteiger charge is 2.30. The van der Waals surface area contributed by atoms with E-state index in [1.807, 2.05) is 6.07 Å². The van der Waals surface area contributed by atoms with E-state index < -0.39 is 17.9 Å². The lowest BCUT2D eigenvalue weighted by molar-refractivity contribution is 0.515. The van der Waals surface area contributed by atoms with Gasteiger partial charge in [0.2, 0.25) is 11.9 Å². The SMILES string of the molecule is Nc1ccc(-c2nc(F)c([C@@H]3CCc4cc(-c5cc(Cl)ccc5-n5cnnn5)cc(=O)n43)[nH]2)c(F)n1.O.O. The number of fused-ring (bicyclic) bond motifs is 1.